The highest BCUT2D eigenvalue weighted by Crippen LogP contribution is 2.46. The van der Waals surface area contributed by atoms with Gasteiger partial charge in [0, 0.05) is 5.92 Å². The molecule has 138 valence electrons. The fraction of sp³-hybridized carbons (Fsp3) is 0.750. The Hall–Kier alpha value is -0.850. The molecule has 1 aromatic carbocycles. The van der Waals surface area contributed by atoms with Gasteiger partial charge in [-0.2, -0.15) is 0 Å². The number of alkyl halides is 1. The lowest BCUT2D eigenvalue weighted by Crippen LogP contribution is -2.25. The molecule has 25 heavy (non-hydrogen) atoms. The molecular formula is C24H35F. The molecule has 3 saturated carbocycles. The van der Waals surface area contributed by atoms with E-state index in [4.69, 9.17) is 0 Å². The van der Waals surface area contributed by atoms with Gasteiger partial charge in [0.25, 0.3) is 0 Å². The van der Waals surface area contributed by atoms with Crippen LogP contribution in [0.1, 0.15) is 101 Å². The van der Waals surface area contributed by atoms with E-state index >= 15 is 0 Å². The van der Waals surface area contributed by atoms with E-state index in [0.717, 1.165) is 30.1 Å². The Morgan fingerprint density at radius 2 is 1.32 bits per heavy atom. The van der Waals surface area contributed by atoms with E-state index < -0.39 is 6.17 Å². The maximum atomic E-state index is 13.2. The minimum absolute atomic E-state index is 0.202. The van der Waals surface area contributed by atoms with E-state index in [1.807, 2.05) is 0 Å². The van der Waals surface area contributed by atoms with E-state index in [-0.39, 0.29) is 5.92 Å². The predicted octanol–water partition coefficient (Wildman–Crippen LogP) is 7.39. The van der Waals surface area contributed by atoms with Crippen LogP contribution >= 0.6 is 0 Å². The first-order valence-corrected chi connectivity index (χ1v) is 11.0. The highest BCUT2D eigenvalue weighted by atomic mass is 19.1. The fourth-order valence-corrected chi connectivity index (χ4v) is 5.80. The number of rotatable bonds is 5. The van der Waals surface area contributed by atoms with Crippen LogP contribution in [0.2, 0.25) is 0 Å². The van der Waals surface area contributed by atoms with Crippen LogP contribution in [0.5, 0.6) is 0 Å². The first-order chi connectivity index (χ1) is 12.2. The second kappa shape index (κ2) is 7.80. The quantitative estimate of drug-likeness (QED) is 0.523. The van der Waals surface area contributed by atoms with Crippen LogP contribution in [0.4, 0.5) is 4.39 Å². The van der Waals surface area contributed by atoms with Gasteiger partial charge in [-0.15, -0.1) is 0 Å². The molecule has 0 spiro atoms. The molecule has 0 heterocycles. The topological polar surface area (TPSA) is 0 Å². The van der Waals surface area contributed by atoms with Gasteiger partial charge < -0.3 is 0 Å². The molecule has 0 saturated heterocycles. The second-order valence-electron chi connectivity index (χ2n) is 9.21. The van der Waals surface area contributed by atoms with Crippen molar-refractivity contribution < 1.29 is 4.39 Å². The summed E-state index contributed by atoms with van der Waals surface area (Å²) in [5.41, 5.74) is 2.72. The molecule has 0 amide bonds. The van der Waals surface area contributed by atoms with Gasteiger partial charge in [0.1, 0.15) is 6.17 Å². The molecule has 0 radical (unpaired) electrons. The fourth-order valence-electron chi connectivity index (χ4n) is 5.80. The minimum Gasteiger partial charge on any atom is -0.247 e. The molecule has 0 bridgehead atoms. The Kier molecular flexibility index (Phi) is 5.48. The smallest absolute Gasteiger partial charge is 0.108 e. The van der Waals surface area contributed by atoms with E-state index in [9.17, 15) is 4.39 Å². The first kappa shape index (κ1) is 17.6. The zero-order valence-corrected chi connectivity index (χ0v) is 15.9. The zero-order valence-electron chi connectivity index (χ0n) is 15.9. The normalized spacial score (nSPS) is 38.5. The summed E-state index contributed by atoms with van der Waals surface area (Å²) in [5, 5.41) is 0. The van der Waals surface area contributed by atoms with Crippen molar-refractivity contribution in [3.05, 3.63) is 35.4 Å². The van der Waals surface area contributed by atoms with Crippen LogP contribution in [0, 0.1) is 17.8 Å². The zero-order chi connectivity index (χ0) is 17.2. The van der Waals surface area contributed by atoms with Gasteiger partial charge in [0.2, 0.25) is 0 Å². The van der Waals surface area contributed by atoms with Crippen LogP contribution < -0.4 is 0 Å². The molecule has 0 nitrogen and oxygen atoms in total. The summed E-state index contributed by atoms with van der Waals surface area (Å²) in [7, 11) is 0. The third kappa shape index (κ3) is 4.12. The molecule has 3 aliphatic rings. The van der Waals surface area contributed by atoms with Crippen molar-refractivity contribution in [3.8, 4) is 0 Å². The lowest BCUT2D eigenvalue weighted by atomic mass is 9.68. The summed E-state index contributed by atoms with van der Waals surface area (Å²) in [6, 6.07) is 8.98. The van der Waals surface area contributed by atoms with Gasteiger partial charge >= 0.3 is 0 Å². The van der Waals surface area contributed by atoms with Crippen molar-refractivity contribution in [2.24, 2.45) is 17.8 Å². The molecule has 0 N–H and O–H groups in total. The molecule has 4 rings (SSSR count). The van der Waals surface area contributed by atoms with Gasteiger partial charge in [0.15, 0.2) is 0 Å². The third-order valence-corrected chi connectivity index (χ3v) is 7.58. The van der Waals surface area contributed by atoms with Gasteiger partial charge in [-0.1, -0.05) is 56.9 Å². The Labute approximate surface area is 153 Å². The Morgan fingerprint density at radius 3 is 1.84 bits per heavy atom. The van der Waals surface area contributed by atoms with Gasteiger partial charge in [-0.3, -0.25) is 0 Å². The molecule has 1 heteroatoms. The number of halogens is 1. The summed E-state index contributed by atoms with van der Waals surface area (Å²) < 4.78 is 13.2. The lowest BCUT2D eigenvalue weighted by Gasteiger charge is -2.38. The molecule has 3 aliphatic carbocycles. The van der Waals surface area contributed by atoms with Crippen molar-refractivity contribution in [1.29, 1.82) is 0 Å². The van der Waals surface area contributed by atoms with Gasteiger partial charge in [-0.25, -0.2) is 4.39 Å². The number of hydrogen-bond donors (Lipinski definition) is 0. The lowest BCUT2D eigenvalue weighted by molar-refractivity contribution is 0.156. The van der Waals surface area contributed by atoms with E-state index in [0.29, 0.717) is 0 Å². The van der Waals surface area contributed by atoms with Crippen LogP contribution in [0.3, 0.4) is 0 Å². The molecule has 2 atom stereocenters. The number of hydrogen-bond acceptors (Lipinski definition) is 0. The maximum absolute atomic E-state index is 13.2. The first-order valence-electron chi connectivity index (χ1n) is 11.0. The Morgan fingerprint density at radius 1 is 0.800 bits per heavy atom. The Balaban J connectivity index is 1.25. The van der Waals surface area contributed by atoms with Crippen molar-refractivity contribution >= 4 is 0 Å². The van der Waals surface area contributed by atoms with Crippen LogP contribution in [0.25, 0.3) is 0 Å². The molecule has 0 aromatic heterocycles. The van der Waals surface area contributed by atoms with Gasteiger partial charge in [-0.05, 0) is 79.7 Å². The van der Waals surface area contributed by atoms with Crippen LogP contribution in [0.15, 0.2) is 24.3 Å². The van der Waals surface area contributed by atoms with E-state index in [1.54, 1.807) is 0 Å². The van der Waals surface area contributed by atoms with Crippen LogP contribution in [-0.2, 0) is 0 Å². The average Bonchev–Trinajstić information content (AvgIpc) is 3.40. The van der Waals surface area contributed by atoms with Gasteiger partial charge in [0.05, 0.1) is 0 Å². The molecule has 0 unspecified atom stereocenters. The third-order valence-electron chi connectivity index (χ3n) is 7.58. The largest absolute Gasteiger partial charge is 0.247 e. The average molecular weight is 343 g/mol. The second-order valence-corrected chi connectivity index (χ2v) is 9.21. The summed E-state index contributed by atoms with van der Waals surface area (Å²) >= 11 is 0. The Bertz CT molecular complexity index is 532. The summed E-state index contributed by atoms with van der Waals surface area (Å²) in [5.74, 6) is 4.01. The highest BCUT2D eigenvalue weighted by molar-refractivity contribution is 5.31. The van der Waals surface area contributed by atoms with Crippen LogP contribution in [-0.4, -0.2) is 6.17 Å². The number of benzene rings is 1. The monoisotopic (exact) mass is 342 g/mol. The maximum Gasteiger partial charge on any atom is 0.108 e. The summed E-state index contributed by atoms with van der Waals surface area (Å²) in [6.45, 7) is 2.33. The predicted molar refractivity (Wildman–Crippen MR) is 104 cm³/mol. The minimum atomic E-state index is -0.575. The molecule has 0 aliphatic heterocycles. The van der Waals surface area contributed by atoms with E-state index in [1.165, 1.54) is 75.3 Å². The van der Waals surface area contributed by atoms with Crippen molar-refractivity contribution in [2.75, 3.05) is 0 Å². The summed E-state index contributed by atoms with van der Waals surface area (Å²) in [4.78, 5) is 0. The molecule has 1 aromatic rings. The van der Waals surface area contributed by atoms with Crippen molar-refractivity contribution in [2.45, 2.75) is 95.6 Å². The van der Waals surface area contributed by atoms with Crippen molar-refractivity contribution in [1.82, 2.24) is 0 Å². The SMILES string of the molecule is CCC[C@H]1CC[C@H](C2CCC(c3ccc([C@@H]4C[C@H]4F)cc3)CC2)CC1. The molecular weight excluding hydrogens is 307 g/mol. The molecule has 3 fully saturated rings. The van der Waals surface area contributed by atoms with Crippen molar-refractivity contribution in [3.63, 3.8) is 0 Å². The highest BCUT2D eigenvalue weighted by Gasteiger charge is 2.38. The van der Waals surface area contributed by atoms with E-state index in [2.05, 4.69) is 31.2 Å². The standard InChI is InChI=1S/C24H35F/c1-2-3-17-4-6-18(7-5-17)19-8-10-20(11-9-19)21-12-14-22(15-13-21)23-16-24(23)25/h12-15,17-20,23-24H,2-11,16H2,1H3/t17-,18-,19?,20?,23-,24+/m0/s1. The summed E-state index contributed by atoms with van der Waals surface area (Å²) in [6.07, 6.45) is 14.6.